The van der Waals surface area contributed by atoms with E-state index < -0.39 is 0 Å². The Morgan fingerprint density at radius 3 is 2.27 bits per heavy atom. The van der Waals surface area contributed by atoms with Gasteiger partial charge in [-0.25, -0.2) is 9.67 Å². The van der Waals surface area contributed by atoms with Crippen molar-refractivity contribution in [3.63, 3.8) is 0 Å². The number of carbonyl (C=O) groups excluding carboxylic acids is 1. The number of fused-ring (bicyclic) bond motifs is 1. The predicted octanol–water partition coefficient (Wildman–Crippen LogP) is 6.52. The van der Waals surface area contributed by atoms with Crippen LogP contribution in [0.5, 0.6) is 0 Å². The lowest BCUT2D eigenvalue weighted by molar-refractivity contribution is -0.116. The van der Waals surface area contributed by atoms with Crippen LogP contribution in [0.25, 0.3) is 22.2 Å². The maximum atomic E-state index is 13.1. The van der Waals surface area contributed by atoms with Gasteiger partial charge >= 0.3 is 0 Å². The molecule has 0 bridgehead atoms. The third-order valence-electron chi connectivity index (χ3n) is 6.48. The molecule has 0 saturated heterocycles. The van der Waals surface area contributed by atoms with Gasteiger partial charge in [-0.05, 0) is 57.0 Å². The van der Waals surface area contributed by atoms with Crippen molar-refractivity contribution in [3.8, 4) is 11.1 Å². The molecule has 0 aliphatic heterocycles. The van der Waals surface area contributed by atoms with Gasteiger partial charge in [0.15, 0.2) is 5.65 Å². The van der Waals surface area contributed by atoms with Crippen molar-refractivity contribution in [2.75, 3.05) is 5.32 Å². The average molecular weight is 533 g/mol. The van der Waals surface area contributed by atoms with Crippen molar-refractivity contribution in [3.05, 3.63) is 93.0 Å². The molecule has 1 N–H and O–H groups in total. The highest BCUT2D eigenvalue weighted by molar-refractivity contribution is 6.36. The molecular weight excluding hydrogens is 507 g/mol. The molecule has 37 heavy (non-hydrogen) atoms. The van der Waals surface area contributed by atoms with Crippen LogP contribution in [0.1, 0.15) is 28.2 Å². The van der Waals surface area contributed by atoms with Crippen molar-refractivity contribution < 1.29 is 4.79 Å². The van der Waals surface area contributed by atoms with Crippen molar-refractivity contribution in [1.82, 2.24) is 24.5 Å². The van der Waals surface area contributed by atoms with Gasteiger partial charge in [0.2, 0.25) is 5.91 Å². The Kier molecular flexibility index (Phi) is 6.75. The first-order valence-corrected chi connectivity index (χ1v) is 12.6. The fourth-order valence-electron chi connectivity index (χ4n) is 4.55. The monoisotopic (exact) mass is 532 g/mol. The van der Waals surface area contributed by atoms with E-state index >= 15 is 0 Å². The summed E-state index contributed by atoms with van der Waals surface area (Å²) in [5.41, 5.74) is 7.77. The number of amides is 1. The Morgan fingerprint density at radius 2 is 1.57 bits per heavy atom. The highest BCUT2D eigenvalue weighted by atomic mass is 35.5. The Labute approximate surface area is 225 Å². The Bertz CT molecular complexity index is 1620. The van der Waals surface area contributed by atoms with Crippen LogP contribution in [0.15, 0.2) is 54.7 Å². The summed E-state index contributed by atoms with van der Waals surface area (Å²) in [5.74, 6) is -0.214. The van der Waals surface area contributed by atoms with Crippen LogP contribution in [0.4, 0.5) is 5.69 Å². The lowest BCUT2D eigenvalue weighted by atomic mass is 10.0. The van der Waals surface area contributed by atoms with E-state index in [1.54, 1.807) is 33.8 Å². The second-order valence-corrected chi connectivity index (χ2v) is 9.93. The second-order valence-electron chi connectivity index (χ2n) is 9.12. The smallest absolute Gasteiger partial charge is 0.246 e. The van der Waals surface area contributed by atoms with Crippen molar-refractivity contribution in [2.24, 2.45) is 0 Å². The van der Waals surface area contributed by atoms with Crippen molar-refractivity contribution in [2.45, 2.75) is 40.8 Å². The van der Waals surface area contributed by atoms with Gasteiger partial charge in [0.1, 0.15) is 6.54 Å². The van der Waals surface area contributed by atoms with E-state index in [1.165, 1.54) is 5.56 Å². The Hall–Kier alpha value is -3.68. The van der Waals surface area contributed by atoms with E-state index in [2.05, 4.69) is 51.7 Å². The molecule has 0 radical (unpaired) electrons. The van der Waals surface area contributed by atoms with E-state index in [9.17, 15) is 4.79 Å². The fraction of sp³-hybridized carbons (Fsp3) is 0.214. The Morgan fingerprint density at radius 1 is 0.892 bits per heavy atom. The van der Waals surface area contributed by atoms with Crippen LogP contribution >= 0.6 is 23.2 Å². The standard InChI is InChI=1S/C28H26Cl2N6O/c1-16-8-10-20(11-9-16)21-12-13-31-28-26(21)17(2)33-36(28)15-25(37)32-27-18(3)34-35(19(27)4)14-22-23(29)6-5-7-24(22)30/h5-13H,14-15H2,1-4H3,(H,32,37). The third kappa shape index (κ3) is 4.84. The quantitative estimate of drug-likeness (QED) is 0.270. The zero-order valence-corrected chi connectivity index (χ0v) is 22.5. The minimum atomic E-state index is -0.214. The molecule has 188 valence electrons. The molecule has 2 aromatic carbocycles. The lowest BCUT2D eigenvalue weighted by Gasteiger charge is -2.10. The molecule has 0 spiro atoms. The maximum absolute atomic E-state index is 13.1. The molecule has 7 nitrogen and oxygen atoms in total. The summed E-state index contributed by atoms with van der Waals surface area (Å²) in [6.45, 7) is 8.19. The fourth-order valence-corrected chi connectivity index (χ4v) is 5.06. The van der Waals surface area contributed by atoms with Gasteiger partial charge in [0.25, 0.3) is 0 Å². The van der Waals surface area contributed by atoms with Crippen LogP contribution in [-0.4, -0.2) is 30.5 Å². The number of aromatic nitrogens is 5. The molecule has 9 heteroatoms. The summed E-state index contributed by atoms with van der Waals surface area (Å²) in [7, 11) is 0. The molecular formula is C28H26Cl2N6O. The first-order valence-electron chi connectivity index (χ1n) is 11.9. The number of pyridine rings is 1. The summed E-state index contributed by atoms with van der Waals surface area (Å²) < 4.78 is 3.44. The molecule has 5 rings (SSSR count). The van der Waals surface area contributed by atoms with E-state index in [4.69, 9.17) is 23.2 Å². The number of rotatable bonds is 6. The average Bonchev–Trinajstić information content (AvgIpc) is 3.32. The van der Waals surface area contributed by atoms with E-state index in [0.717, 1.165) is 33.5 Å². The zero-order valence-electron chi connectivity index (χ0n) is 21.0. The second kappa shape index (κ2) is 10.00. The number of nitrogens with one attached hydrogen (secondary N) is 1. The summed E-state index contributed by atoms with van der Waals surface area (Å²) >= 11 is 12.7. The van der Waals surface area contributed by atoms with Gasteiger partial charge in [0.05, 0.1) is 29.3 Å². The highest BCUT2D eigenvalue weighted by Gasteiger charge is 2.19. The number of nitrogens with zero attached hydrogens (tertiary/aromatic N) is 5. The van der Waals surface area contributed by atoms with E-state index in [0.29, 0.717) is 33.6 Å². The van der Waals surface area contributed by atoms with Gasteiger partial charge in [-0.1, -0.05) is 59.1 Å². The molecule has 1 amide bonds. The largest absolute Gasteiger partial charge is 0.321 e. The number of anilines is 1. The minimum absolute atomic E-state index is 0.0229. The van der Waals surface area contributed by atoms with Gasteiger partial charge < -0.3 is 5.32 Å². The number of benzene rings is 2. The molecule has 0 aliphatic carbocycles. The minimum Gasteiger partial charge on any atom is -0.321 e. The molecule has 0 saturated carbocycles. The molecule has 3 aromatic heterocycles. The van der Waals surface area contributed by atoms with Gasteiger partial charge in [-0.2, -0.15) is 10.2 Å². The molecule has 5 aromatic rings. The third-order valence-corrected chi connectivity index (χ3v) is 7.19. The van der Waals surface area contributed by atoms with Crippen molar-refractivity contribution >= 4 is 45.8 Å². The Balaban J connectivity index is 1.40. The lowest BCUT2D eigenvalue weighted by Crippen LogP contribution is -2.20. The molecule has 0 atom stereocenters. The number of carbonyl (C=O) groups is 1. The van der Waals surface area contributed by atoms with Crippen LogP contribution in [0.2, 0.25) is 10.0 Å². The topological polar surface area (TPSA) is 77.6 Å². The number of hydrogen-bond acceptors (Lipinski definition) is 4. The molecule has 3 heterocycles. The molecule has 0 aliphatic rings. The first-order chi connectivity index (χ1) is 17.7. The number of hydrogen-bond donors (Lipinski definition) is 1. The van der Waals surface area contributed by atoms with Gasteiger partial charge in [-0.3, -0.25) is 9.48 Å². The van der Waals surface area contributed by atoms with Crippen molar-refractivity contribution in [1.29, 1.82) is 0 Å². The van der Waals surface area contributed by atoms with E-state index in [-0.39, 0.29) is 12.5 Å². The normalized spacial score (nSPS) is 11.3. The summed E-state index contributed by atoms with van der Waals surface area (Å²) in [4.78, 5) is 17.7. The summed E-state index contributed by atoms with van der Waals surface area (Å²) in [6, 6.07) is 15.7. The summed E-state index contributed by atoms with van der Waals surface area (Å²) in [6.07, 6.45) is 1.76. The summed E-state index contributed by atoms with van der Waals surface area (Å²) in [5, 5.41) is 14.3. The first kappa shape index (κ1) is 25.0. The van der Waals surface area contributed by atoms with Crippen LogP contribution in [-0.2, 0) is 17.9 Å². The SMILES string of the molecule is Cc1ccc(-c2ccnc3c2c(C)nn3CC(=O)Nc2c(C)nn(Cc3c(Cl)cccc3Cl)c2C)cc1. The van der Waals surface area contributed by atoms with Crippen LogP contribution in [0.3, 0.4) is 0 Å². The van der Waals surface area contributed by atoms with Crippen LogP contribution < -0.4 is 5.32 Å². The zero-order chi connectivity index (χ0) is 26.3. The van der Waals surface area contributed by atoms with Gasteiger partial charge in [-0.15, -0.1) is 0 Å². The molecule has 0 fully saturated rings. The van der Waals surface area contributed by atoms with Crippen LogP contribution in [0, 0.1) is 27.7 Å². The number of halogens is 2. The molecule has 0 unspecified atom stereocenters. The highest BCUT2D eigenvalue weighted by Crippen LogP contribution is 2.31. The van der Waals surface area contributed by atoms with Gasteiger partial charge in [0, 0.05) is 27.2 Å². The maximum Gasteiger partial charge on any atom is 0.246 e. The van der Waals surface area contributed by atoms with E-state index in [1.807, 2.05) is 26.8 Å². The number of aryl methyl sites for hydroxylation is 3. The predicted molar refractivity (Wildman–Crippen MR) is 148 cm³/mol.